The van der Waals surface area contributed by atoms with Crippen molar-refractivity contribution in [2.45, 2.75) is 13.8 Å². The normalized spacial score (nSPS) is 10.2. The lowest BCUT2D eigenvalue weighted by molar-refractivity contribution is -0.118. The Kier molecular flexibility index (Phi) is 5.82. The van der Waals surface area contributed by atoms with Crippen LogP contribution in [0, 0.1) is 6.92 Å². The van der Waals surface area contributed by atoms with E-state index >= 15 is 0 Å². The number of nitrogens with one attached hydrogen (secondary N) is 1. The van der Waals surface area contributed by atoms with Gasteiger partial charge in [0.05, 0.1) is 0 Å². The summed E-state index contributed by atoms with van der Waals surface area (Å²) in [6.45, 7) is 3.27. The molecular weight excluding hydrogens is 328 g/mol. The number of carbonyl (C=O) groups is 2. The molecule has 0 saturated heterocycles. The molecule has 0 unspecified atom stereocenters. The number of anilines is 2. The fourth-order valence-electron chi connectivity index (χ4n) is 1.96. The van der Waals surface area contributed by atoms with Crippen LogP contribution in [0.2, 0.25) is 5.02 Å². The highest BCUT2D eigenvalue weighted by atomic mass is 35.5. The summed E-state index contributed by atoms with van der Waals surface area (Å²) in [6.07, 6.45) is 0. The summed E-state index contributed by atoms with van der Waals surface area (Å²) in [5.41, 5.74) is 2.33. The Hall–Kier alpha value is -2.53. The Morgan fingerprint density at radius 2 is 1.83 bits per heavy atom. The number of carbonyl (C=O) groups excluding carboxylic acids is 2. The van der Waals surface area contributed by atoms with Gasteiger partial charge in [-0.1, -0.05) is 17.7 Å². The van der Waals surface area contributed by atoms with Crippen LogP contribution in [0.3, 0.4) is 0 Å². The first-order chi connectivity index (χ1) is 11.4. The highest BCUT2D eigenvalue weighted by molar-refractivity contribution is 6.31. The molecular formula is C18H19ClN2O3. The van der Waals surface area contributed by atoms with Gasteiger partial charge in [0.15, 0.2) is 6.61 Å². The van der Waals surface area contributed by atoms with E-state index in [9.17, 15) is 9.59 Å². The minimum absolute atomic E-state index is 0.0557. The van der Waals surface area contributed by atoms with Gasteiger partial charge in [-0.25, -0.2) is 0 Å². The molecule has 24 heavy (non-hydrogen) atoms. The summed E-state index contributed by atoms with van der Waals surface area (Å²) < 4.78 is 5.44. The molecule has 0 aliphatic carbocycles. The Balaban J connectivity index is 1.89. The third kappa shape index (κ3) is 4.73. The van der Waals surface area contributed by atoms with Gasteiger partial charge in [0.25, 0.3) is 5.91 Å². The smallest absolute Gasteiger partial charge is 0.262 e. The number of hydrogen-bond acceptors (Lipinski definition) is 3. The lowest BCUT2D eigenvalue weighted by Crippen LogP contribution is -2.22. The van der Waals surface area contributed by atoms with E-state index in [-0.39, 0.29) is 18.4 Å². The fraction of sp³-hybridized carbons (Fsp3) is 0.222. The van der Waals surface area contributed by atoms with Gasteiger partial charge in [-0.3, -0.25) is 9.59 Å². The molecule has 0 aliphatic heterocycles. The van der Waals surface area contributed by atoms with E-state index in [0.29, 0.717) is 16.5 Å². The maximum atomic E-state index is 11.9. The number of benzene rings is 2. The van der Waals surface area contributed by atoms with Gasteiger partial charge in [-0.2, -0.15) is 0 Å². The standard InChI is InChI=1S/C18H19ClN2O3/c1-12-4-5-14(10-17(12)19)20-18(23)11-24-16-8-6-15(7-9-16)21(3)13(2)22/h4-10H,11H2,1-3H3,(H,20,23). The van der Waals surface area contributed by atoms with Crippen molar-refractivity contribution in [3.8, 4) is 5.75 Å². The first-order valence-electron chi connectivity index (χ1n) is 7.40. The van der Waals surface area contributed by atoms with Gasteiger partial charge in [-0.05, 0) is 48.9 Å². The van der Waals surface area contributed by atoms with Crippen molar-refractivity contribution in [3.63, 3.8) is 0 Å². The van der Waals surface area contributed by atoms with Crippen molar-refractivity contribution in [2.75, 3.05) is 23.9 Å². The van der Waals surface area contributed by atoms with Gasteiger partial charge in [-0.15, -0.1) is 0 Å². The molecule has 2 aromatic carbocycles. The predicted molar refractivity (Wildman–Crippen MR) is 95.8 cm³/mol. The highest BCUT2D eigenvalue weighted by Crippen LogP contribution is 2.20. The van der Waals surface area contributed by atoms with E-state index in [2.05, 4.69) is 5.32 Å². The maximum Gasteiger partial charge on any atom is 0.262 e. The third-order valence-electron chi connectivity index (χ3n) is 3.52. The Morgan fingerprint density at radius 1 is 1.17 bits per heavy atom. The number of nitrogens with zero attached hydrogens (tertiary/aromatic N) is 1. The number of aryl methyl sites for hydroxylation is 1. The molecule has 2 aromatic rings. The lowest BCUT2D eigenvalue weighted by Gasteiger charge is -2.15. The van der Waals surface area contributed by atoms with Crippen molar-refractivity contribution in [1.29, 1.82) is 0 Å². The monoisotopic (exact) mass is 346 g/mol. The van der Waals surface area contributed by atoms with Gasteiger partial charge < -0.3 is 15.0 Å². The van der Waals surface area contributed by atoms with E-state index in [0.717, 1.165) is 11.3 Å². The van der Waals surface area contributed by atoms with Crippen molar-refractivity contribution in [1.82, 2.24) is 0 Å². The Labute approximate surface area is 146 Å². The second kappa shape index (κ2) is 7.84. The first-order valence-corrected chi connectivity index (χ1v) is 7.78. The summed E-state index contributed by atoms with van der Waals surface area (Å²) in [4.78, 5) is 24.7. The van der Waals surface area contributed by atoms with E-state index in [1.807, 2.05) is 13.0 Å². The van der Waals surface area contributed by atoms with E-state index in [4.69, 9.17) is 16.3 Å². The average molecular weight is 347 g/mol. The number of rotatable bonds is 5. The zero-order valence-corrected chi connectivity index (χ0v) is 14.6. The van der Waals surface area contributed by atoms with Crippen LogP contribution in [0.4, 0.5) is 11.4 Å². The minimum atomic E-state index is -0.278. The van der Waals surface area contributed by atoms with Crippen LogP contribution < -0.4 is 15.0 Å². The van der Waals surface area contributed by atoms with Crippen molar-refractivity contribution >= 4 is 34.8 Å². The molecule has 0 fully saturated rings. The molecule has 0 aromatic heterocycles. The summed E-state index contributed by atoms with van der Waals surface area (Å²) in [5.74, 6) is 0.215. The van der Waals surface area contributed by atoms with Gasteiger partial charge in [0, 0.05) is 30.4 Å². The van der Waals surface area contributed by atoms with Crippen molar-refractivity contribution in [2.24, 2.45) is 0 Å². The van der Waals surface area contributed by atoms with Crippen LogP contribution in [0.5, 0.6) is 5.75 Å². The first kappa shape index (κ1) is 17.8. The van der Waals surface area contributed by atoms with Crippen LogP contribution in [0.1, 0.15) is 12.5 Å². The Bertz CT molecular complexity index is 744. The van der Waals surface area contributed by atoms with Crippen molar-refractivity contribution < 1.29 is 14.3 Å². The molecule has 2 amide bonds. The largest absolute Gasteiger partial charge is 0.484 e. The Morgan fingerprint density at radius 3 is 2.42 bits per heavy atom. The molecule has 2 rings (SSSR count). The number of ether oxygens (including phenoxy) is 1. The molecule has 0 spiro atoms. The quantitative estimate of drug-likeness (QED) is 0.899. The summed E-state index contributed by atoms with van der Waals surface area (Å²) >= 11 is 6.02. The van der Waals surface area contributed by atoms with E-state index in [1.165, 1.54) is 11.8 Å². The van der Waals surface area contributed by atoms with Crippen LogP contribution in [-0.2, 0) is 9.59 Å². The molecule has 0 heterocycles. The molecule has 0 saturated carbocycles. The molecule has 5 nitrogen and oxygen atoms in total. The van der Waals surface area contributed by atoms with E-state index < -0.39 is 0 Å². The van der Waals surface area contributed by atoms with E-state index in [1.54, 1.807) is 43.4 Å². The van der Waals surface area contributed by atoms with Gasteiger partial charge in [0.2, 0.25) is 5.91 Å². The molecule has 6 heteroatoms. The fourth-order valence-corrected chi connectivity index (χ4v) is 2.14. The number of halogens is 1. The zero-order chi connectivity index (χ0) is 17.7. The number of amides is 2. The third-order valence-corrected chi connectivity index (χ3v) is 3.93. The molecule has 0 atom stereocenters. The average Bonchev–Trinajstić information content (AvgIpc) is 2.56. The van der Waals surface area contributed by atoms with Crippen LogP contribution in [-0.4, -0.2) is 25.5 Å². The van der Waals surface area contributed by atoms with Gasteiger partial charge >= 0.3 is 0 Å². The zero-order valence-electron chi connectivity index (χ0n) is 13.8. The summed E-state index contributed by atoms with van der Waals surface area (Å²) in [6, 6.07) is 12.3. The molecule has 0 bridgehead atoms. The van der Waals surface area contributed by atoms with Crippen LogP contribution >= 0.6 is 11.6 Å². The minimum Gasteiger partial charge on any atom is -0.484 e. The SMILES string of the molecule is CC(=O)N(C)c1ccc(OCC(=O)Nc2ccc(C)c(Cl)c2)cc1. The lowest BCUT2D eigenvalue weighted by atomic mass is 10.2. The maximum absolute atomic E-state index is 11.9. The van der Waals surface area contributed by atoms with Gasteiger partial charge in [0.1, 0.15) is 5.75 Å². The second-order valence-corrected chi connectivity index (χ2v) is 5.78. The topological polar surface area (TPSA) is 58.6 Å². The van der Waals surface area contributed by atoms with Crippen LogP contribution in [0.25, 0.3) is 0 Å². The van der Waals surface area contributed by atoms with Crippen LogP contribution in [0.15, 0.2) is 42.5 Å². The predicted octanol–water partition coefficient (Wildman–Crippen LogP) is 3.65. The summed E-state index contributed by atoms with van der Waals surface area (Å²) in [7, 11) is 1.69. The number of hydrogen-bond donors (Lipinski definition) is 1. The molecule has 126 valence electrons. The summed E-state index contributed by atoms with van der Waals surface area (Å²) in [5, 5.41) is 3.32. The highest BCUT2D eigenvalue weighted by Gasteiger charge is 2.07. The second-order valence-electron chi connectivity index (χ2n) is 5.37. The van der Waals surface area contributed by atoms with Crippen molar-refractivity contribution in [3.05, 3.63) is 53.1 Å². The molecule has 0 radical (unpaired) electrons. The molecule has 0 aliphatic rings. The molecule has 1 N–H and O–H groups in total.